The van der Waals surface area contributed by atoms with E-state index in [1.54, 1.807) is 18.3 Å². The van der Waals surface area contributed by atoms with Gasteiger partial charge in [-0.3, -0.25) is 9.78 Å². The van der Waals surface area contributed by atoms with Crippen molar-refractivity contribution >= 4 is 28.4 Å². The number of amides is 1. The van der Waals surface area contributed by atoms with Crippen molar-refractivity contribution in [2.24, 2.45) is 7.05 Å². The molecule has 1 aliphatic rings. The van der Waals surface area contributed by atoms with Gasteiger partial charge in [0, 0.05) is 31.1 Å². The highest BCUT2D eigenvalue weighted by atomic mass is 35.5. The Morgan fingerprint density at radius 1 is 1.21 bits per heavy atom. The second-order valence-corrected chi connectivity index (χ2v) is 7.01. The molecule has 0 aliphatic carbocycles. The fourth-order valence-corrected chi connectivity index (χ4v) is 3.89. The van der Waals surface area contributed by atoms with Gasteiger partial charge < -0.3 is 9.88 Å². The highest BCUT2D eigenvalue weighted by Crippen LogP contribution is 2.34. The zero-order chi connectivity index (χ0) is 19.3. The van der Waals surface area contributed by atoms with Crippen molar-refractivity contribution in [1.82, 2.24) is 34.6 Å². The number of carbonyl (C=O) groups is 1. The van der Waals surface area contributed by atoms with Crippen LogP contribution < -0.4 is 0 Å². The van der Waals surface area contributed by atoms with Gasteiger partial charge in [-0.2, -0.15) is 4.98 Å². The van der Waals surface area contributed by atoms with Crippen molar-refractivity contribution in [3.8, 4) is 0 Å². The number of nitrogens with one attached hydrogen (secondary N) is 1. The van der Waals surface area contributed by atoms with Crippen molar-refractivity contribution in [1.29, 1.82) is 0 Å². The Morgan fingerprint density at radius 3 is 2.89 bits per heavy atom. The summed E-state index contributed by atoms with van der Waals surface area (Å²) < 4.78 is 1.40. The molecule has 4 heterocycles. The molecular weight excluding hydrogens is 378 g/mol. The van der Waals surface area contributed by atoms with Crippen LogP contribution in [-0.2, 0) is 13.5 Å². The summed E-state index contributed by atoms with van der Waals surface area (Å²) >= 11 is 5.89. The molecule has 0 saturated carbocycles. The third kappa shape index (κ3) is 2.65. The van der Waals surface area contributed by atoms with Crippen LogP contribution in [0.25, 0.3) is 10.9 Å². The first-order valence-electron chi connectivity index (χ1n) is 8.87. The molecule has 5 rings (SSSR count). The number of benzene rings is 1. The van der Waals surface area contributed by atoms with Crippen LogP contribution in [-0.4, -0.2) is 47.1 Å². The van der Waals surface area contributed by atoms with Crippen molar-refractivity contribution in [2.45, 2.75) is 12.5 Å². The summed E-state index contributed by atoms with van der Waals surface area (Å²) in [6.07, 6.45) is 2.34. The minimum absolute atomic E-state index is 0.0451. The van der Waals surface area contributed by atoms with Crippen molar-refractivity contribution < 1.29 is 4.79 Å². The zero-order valence-corrected chi connectivity index (χ0v) is 15.8. The number of aromatic amines is 1. The second-order valence-electron chi connectivity index (χ2n) is 6.67. The molecule has 28 heavy (non-hydrogen) atoms. The van der Waals surface area contributed by atoms with Gasteiger partial charge in [0.1, 0.15) is 6.04 Å². The lowest BCUT2D eigenvalue weighted by molar-refractivity contribution is 0.0669. The molecule has 9 heteroatoms. The topological polar surface area (TPSA) is 92.6 Å². The molecule has 0 saturated heterocycles. The number of nitrogens with zero attached hydrogens (tertiary/aromatic N) is 6. The standard InChI is InChI=1S/C19H16ClN7O/c1-26-17(24-19(20)25-26)18(28)27-9-8-13-15(22-10-21-13)16(27)14-7-6-11-4-2-3-5-12(11)23-14/h2-7,10,16H,8-9H2,1H3,(H,21,22)/t16-/m1/s1. The van der Waals surface area contributed by atoms with Crippen LogP contribution in [0, 0.1) is 0 Å². The number of para-hydroxylation sites is 1. The van der Waals surface area contributed by atoms with E-state index in [1.165, 1.54) is 4.68 Å². The average Bonchev–Trinajstić information content (AvgIpc) is 3.32. The first kappa shape index (κ1) is 16.9. The molecule has 1 atom stereocenters. The number of fused-ring (bicyclic) bond motifs is 2. The van der Waals surface area contributed by atoms with Crippen LogP contribution in [0.2, 0.25) is 5.28 Å². The molecule has 4 aromatic rings. The Hall–Kier alpha value is -3.26. The molecule has 1 amide bonds. The molecule has 0 bridgehead atoms. The second kappa shape index (κ2) is 6.42. The number of hydrogen-bond acceptors (Lipinski definition) is 5. The fraction of sp³-hybridized carbons (Fsp3) is 0.211. The minimum Gasteiger partial charge on any atom is -0.348 e. The van der Waals surface area contributed by atoms with Crippen molar-refractivity contribution in [2.75, 3.05) is 6.54 Å². The van der Waals surface area contributed by atoms with E-state index in [9.17, 15) is 4.79 Å². The van der Waals surface area contributed by atoms with E-state index in [1.807, 2.05) is 36.4 Å². The quantitative estimate of drug-likeness (QED) is 0.565. The van der Waals surface area contributed by atoms with Crippen LogP contribution in [0.15, 0.2) is 42.7 Å². The minimum atomic E-state index is -0.414. The number of halogens is 1. The van der Waals surface area contributed by atoms with Gasteiger partial charge in [0.05, 0.1) is 23.2 Å². The van der Waals surface area contributed by atoms with Crippen molar-refractivity contribution in [3.05, 3.63) is 70.9 Å². The molecule has 8 nitrogen and oxygen atoms in total. The zero-order valence-electron chi connectivity index (χ0n) is 15.0. The highest BCUT2D eigenvalue weighted by molar-refractivity contribution is 6.28. The molecule has 140 valence electrons. The smallest absolute Gasteiger partial charge is 0.292 e. The van der Waals surface area contributed by atoms with E-state index in [4.69, 9.17) is 16.6 Å². The average molecular weight is 394 g/mol. The van der Waals surface area contributed by atoms with E-state index in [-0.39, 0.29) is 17.0 Å². The van der Waals surface area contributed by atoms with Gasteiger partial charge in [-0.25, -0.2) is 9.67 Å². The number of hydrogen-bond donors (Lipinski definition) is 1. The van der Waals surface area contributed by atoms with Crippen LogP contribution in [0.1, 0.15) is 33.7 Å². The van der Waals surface area contributed by atoms with Gasteiger partial charge in [0.25, 0.3) is 5.91 Å². The summed E-state index contributed by atoms with van der Waals surface area (Å²) in [5.41, 5.74) is 3.45. The van der Waals surface area contributed by atoms with Crippen LogP contribution in [0.4, 0.5) is 0 Å². The first-order valence-corrected chi connectivity index (χ1v) is 9.25. The lowest BCUT2D eigenvalue weighted by Crippen LogP contribution is -2.42. The Labute approximate surface area is 165 Å². The summed E-state index contributed by atoms with van der Waals surface area (Å²) in [5, 5.41) is 5.07. The van der Waals surface area contributed by atoms with Crippen molar-refractivity contribution in [3.63, 3.8) is 0 Å². The molecule has 0 spiro atoms. The first-order chi connectivity index (χ1) is 13.6. The Balaban J connectivity index is 1.64. The predicted octanol–water partition coefficient (Wildman–Crippen LogP) is 2.53. The molecule has 1 N–H and O–H groups in total. The van der Waals surface area contributed by atoms with Gasteiger partial charge in [-0.1, -0.05) is 24.3 Å². The lowest BCUT2D eigenvalue weighted by Gasteiger charge is -2.34. The molecule has 3 aromatic heterocycles. The van der Waals surface area contributed by atoms with E-state index in [0.29, 0.717) is 13.0 Å². The Morgan fingerprint density at radius 2 is 2.07 bits per heavy atom. The van der Waals surface area contributed by atoms with Gasteiger partial charge in [-0.05, 0) is 23.7 Å². The van der Waals surface area contributed by atoms with Crippen LogP contribution in [0.5, 0.6) is 0 Å². The summed E-state index contributed by atoms with van der Waals surface area (Å²) in [4.78, 5) is 31.6. The summed E-state index contributed by atoms with van der Waals surface area (Å²) in [6, 6.07) is 11.4. The third-order valence-electron chi connectivity index (χ3n) is 5.01. The van der Waals surface area contributed by atoms with Gasteiger partial charge in [0.2, 0.25) is 11.1 Å². The molecule has 1 aliphatic heterocycles. The fourth-order valence-electron chi connectivity index (χ4n) is 3.70. The van der Waals surface area contributed by atoms with E-state index < -0.39 is 6.04 Å². The van der Waals surface area contributed by atoms with E-state index in [2.05, 4.69) is 20.1 Å². The SMILES string of the molecule is Cn1nc(Cl)nc1C(=O)N1CCc2[nH]cnc2[C@H]1c1ccc2ccccc2n1. The summed E-state index contributed by atoms with van der Waals surface area (Å²) in [5.74, 6) is -0.0646. The van der Waals surface area contributed by atoms with E-state index in [0.717, 1.165) is 28.0 Å². The summed E-state index contributed by atoms with van der Waals surface area (Å²) in [6.45, 7) is 0.512. The van der Waals surface area contributed by atoms with E-state index >= 15 is 0 Å². The Bertz CT molecular complexity index is 1200. The maximum absolute atomic E-state index is 13.3. The monoisotopic (exact) mass is 393 g/mol. The van der Waals surface area contributed by atoms with Gasteiger partial charge >= 0.3 is 0 Å². The largest absolute Gasteiger partial charge is 0.348 e. The molecule has 0 radical (unpaired) electrons. The summed E-state index contributed by atoms with van der Waals surface area (Å²) in [7, 11) is 1.65. The number of imidazole rings is 1. The third-order valence-corrected chi connectivity index (χ3v) is 5.17. The number of aromatic nitrogens is 6. The lowest BCUT2D eigenvalue weighted by atomic mass is 9.98. The van der Waals surface area contributed by atoms with Crippen LogP contribution >= 0.6 is 11.6 Å². The number of H-pyrrole nitrogens is 1. The Kier molecular flexibility index (Phi) is 3.87. The number of pyridine rings is 1. The number of carbonyl (C=O) groups excluding carboxylic acids is 1. The maximum atomic E-state index is 13.3. The molecular formula is C19H16ClN7O. The number of rotatable bonds is 2. The van der Waals surface area contributed by atoms with Crippen LogP contribution in [0.3, 0.4) is 0 Å². The van der Waals surface area contributed by atoms with Gasteiger partial charge in [-0.15, -0.1) is 5.10 Å². The molecule has 0 unspecified atom stereocenters. The normalized spacial score (nSPS) is 16.4. The maximum Gasteiger partial charge on any atom is 0.292 e. The molecule has 0 fully saturated rings. The highest BCUT2D eigenvalue weighted by Gasteiger charge is 2.37. The predicted molar refractivity (Wildman–Crippen MR) is 103 cm³/mol. The number of aryl methyl sites for hydroxylation is 1. The van der Waals surface area contributed by atoms with Gasteiger partial charge in [0.15, 0.2) is 0 Å². The molecule has 1 aromatic carbocycles.